The monoisotopic (exact) mass is 273 g/mol. The number of ether oxygens (including phenoxy) is 1. The summed E-state index contributed by atoms with van der Waals surface area (Å²) in [5.74, 6) is 1.03. The third-order valence-electron chi connectivity index (χ3n) is 4.59. The third kappa shape index (κ3) is 2.59. The zero-order valence-electron chi connectivity index (χ0n) is 12.2. The molecule has 3 heteroatoms. The van der Waals surface area contributed by atoms with Gasteiger partial charge in [0, 0.05) is 25.9 Å². The van der Waals surface area contributed by atoms with Gasteiger partial charge in [-0.2, -0.15) is 0 Å². The highest BCUT2D eigenvalue weighted by atomic mass is 16.5. The average Bonchev–Trinajstić information content (AvgIpc) is 2.47. The Hall–Kier alpha value is -1.35. The van der Waals surface area contributed by atoms with Gasteiger partial charge < -0.3 is 9.64 Å². The minimum atomic E-state index is -0.242. The van der Waals surface area contributed by atoms with Crippen LogP contribution in [0, 0.1) is 0 Å². The van der Waals surface area contributed by atoms with Gasteiger partial charge in [0.2, 0.25) is 0 Å². The number of hydrogen-bond acceptors (Lipinski definition) is 3. The molecule has 0 bridgehead atoms. The molecule has 20 heavy (non-hydrogen) atoms. The maximum absolute atomic E-state index is 12.3. The van der Waals surface area contributed by atoms with Gasteiger partial charge in [0.15, 0.2) is 5.78 Å². The first-order valence-electron chi connectivity index (χ1n) is 7.76. The molecule has 2 aliphatic heterocycles. The van der Waals surface area contributed by atoms with Crippen LogP contribution in [0.15, 0.2) is 24.3 Å². The molecule has 2 aliphatic rings. The normalized spacial score (nSPS) is 21.6. The Kier molecular flexibility index (Phi) is 3.79. The van der Waals surface area contributed by atoms with Crippen molar-refractivity contribution in [1.82, 2.24) is 4.90 Å². The second-order valence-electron chi connectivity index (χ2n) is 6.08. The Morgan fingerprint density at radius 1 is 1.25 bits per heavy atom. The van der Waals surface area contributed by atoms with E-state index in [1.54, 1.807) is 0 Å². The molecule has 1 aromatic carbocycles. The fourth-order valence-corrected chi connectivity index (χ4v) is 3.29. The number of benzene rings is 1. The van der Waals surface area contributed by atoms with Crippen molar-refractivity contribution in [2.45, 2.75) is 44.6 Å². The molecular formula is C17H23NO2. The van der Waals surface area contributed by atoms with Gasteiger partial charge in [-0.3, -0.25) is 4.79 Å². The number of carbonyl (C=O) groups excluding carboxylic acids is 1. The minimum Gasteiger partial charge on any atom is -0.486 e. The number of rotatable bonds is 3. The topological polar surface area (TPSA) is 29.5 Å². The van der Waals surface area contributed by atoms with Crippen molar-refractivity contribution in [3.05, 3.63) is 29.8 Å². The molecule has 0 radical (unpaired) electrons. The van der Waals surface area contributed by atoms with E-state index in [0.717, 1.165) is 37.2 Å². The fourth-order valence-electron chi connectivity index (χ4n) is 3.29. The molecule has 0 unspecified atom stereocenters. The lowest BCUT2D eigenvalue weighted by atomic mass is 9.82. The highest BCUT2D eigenvalue weighted by Crippen LogP contribution is 2.39. The van der Waals surface area contributed by atoms with Crippen LogP contribution >= 0.6 is 0 Å². The molecule has 3 nitrogen and oxygen atoms in total. The number of para-hydroxylation sites is 1. The molecule has 1 saturated heterocycles. The molecule has 1 spiro atoms. The number of likely N-dealkylation sites (tertiary alicyclic amines) is 1. The predicted octanol–water partition coefficient (Wildman–Crippen LogP) is 3.29. The van der Waals surface area contributed by atoms with E-state index in [0.29, 0.717) is 6.42 Å². The largest absolute Gasteiger partial charge is 0.486 e. The maximum atomic E-state index is 12.3. The van der Waals surface area contributed by atoms with Crippen LogP contribution in [0.3, 0.4) is 0 Å². The van der Waals surface area contributed by atoms with Crippen molar-refractivity contribution in [1.29, 1.82) is 0 Å². The molecule has 0 atom stereocenters. The quantitative estimate of drug-likeness (QED) is 0.846. The van der Waals surface area contributed by atoms with Crippen molar-refractivity contribution < 1.29 is 9.53 Å². The van der Waals surface area contributed by atoms with E-state index in [-0.39, 0.29) is 11.4 Å². The highest BCUT2D eigenvalue weighted by Gasteiger charge is 2.42. The highest BCUT2D eigenvalue weighted by molar-refractivity contribution is 6.00. The third-order valence-corrected chi connectivity index (χ3v) is 4.59. The molecule has 3 rings (SSSR count). The molecule has 1 fully saturated rings. The van der Waals surface area contributed by atoms with Gasteiger partial charge in [0.05, 0.1) is 12.0 Å². The number of ketones is 1. The van der Waals surface area contributed by atoms with Gasteiger partial charge in [-0.25, -0.2) is 0 Å². The summed E-state index contributed by atoms with van der Waals surface area (Å²) in [5, 5.41) is 0. The van der Waals surface area contributed by atoms with Crippen LogP contribution in [-0.2, 0) is 0 Å². The lowest BCUT2D eigenvalue weighted by Crippen LogP contribution is -2.51. The summed E-state index contributed by atoms with van der Waals surface area (Å²) in [6.07, 6.45) is 4.98. The average molecular weight is 273 g/mol. The van der Waals surface area contributed by atoms with Crippen molar-refractivity contribution in [2.24, 2.45) is 0 Å². The van der Waals surface area contributed by atoms with E-state index in [2.05, 4.69) is 11.8 Å². The van der Waals surface area contributed by atoms with E-state index >= 15 is 0 Å². The van der Waals surface area contributed by atoms with Gasteiger partial charge in [-0.1, -0.05) is 25.5 Å². The Morgan fingerprint density at radius 2 is 2.00 bits per heavy atom. The van der Waals surface area contributed by atoms with Gasteiger partial charge in [0.1, 0.15) is 11.4 Å². The summed E-state index contributed by atoms with van der Waals surface area (Å²) in [5.41, 5.74) is 0.514. The first-order chi connectivity index (χ1) is 9.72. The Balaban J connectivity index is 1.69. The van der Waals surface area contributed by atoms with Gasteiger partial charge in [-0.05, 0) is 25.1 Å². The van der Waals surface area contributed by atoms with Crippen LogP contribution < -0.4 is 4.74 Å². The molecule has 0 N–H and O–H groups in total. The van der Waals surface area contributed by atoms with Crippen LogP contribution in [0.4, 0.5) is 0 Å². The Morgan fingerprint density at radius 3 is 2.75 bits per heavy atom. The summed E-state index contributed by atoms with van der Waals surface area (Å²) >= 11 is 0. The molecule has 2 heterocycles. The van der Waals surface area contributed by atoms with Crippen molar-refractivity contribution in [3.8, 4) is 5.75 Å². The summed E-state index contributed by atoms with van der Waals surface area (Å²) < 4.78 is 6.24. The first kappa shape index (κ1) is 13.6. The maximum Gasteiger partial charge on any atom is 0.170 e. The standard InChI is InChI=1S/C17H23NO2/c1-2-3-10-18-11-8-17(9-12-18)13-15(19)14-6-4-5-7-16(14)20-17/h4-7H,2-3,8-13H2,1H3. The summed E-state index contributed by atoms with van der Waals surface area (Å²) in [6.45, 7) is 5.51. The number of nitrogens with zero attached hydrogens (tertiary/aromatic N) is 1. The SMILES string of the molecule is CCCCN1CCC2(CC1)CC(=O)c1ccccc1O2. The van der Waals surface area contributed by atoms with E-state index in [9.17, 15) is 4.79 Å². The van der Waals surface area contributed by atoms with Crippen LogP contribution in [-0.4, -0.2) is 35.9 Å². The van der Waals surface area contributed by atoms with Crippen molar-refractivity contribution in [2.75, 3.05) is 19.6 Å². The van der Waals surface area contributed by atoms with Gasteiger partial charge in [0.25, 0.3) is 0 Å². The van der Waals surface area contributed by atoms with Crippen LogP contribution in [0.2, 0.25) is 0 Å². The van der Waals surface area contributed by atoms with Crippen LogP contribution in [0.1, 0.15) is 49.4 Å². The smallest absolute Gasteiger partial charge is 0.170 e. The summed E-state index contributed by atoms with van der Waals surface area (Å²) in [7, 11) is 0. The lowest BCUT2D eigenvalue weighted by Gasteiger charge is -2.44. The first-order valence-corrected chi connectivity index (χ1v) is 7.76. The Labute approximate surface area is 120 Å². The number of hydrogen-bond donors (Lipinski definition) is 0. The summed E-state index contributed by atoms with van der Waals surface area (Å²) in [6, 6.07) is 7.66. The number of Topliss-reactive ketones (excluding diaryl/α,β-unsaturated/α-hetero) is 1. The number of piperidine rings is 1. The molecule has 0 aromatic heterocycles. The van der Waals surface area contributed by atoms with Gasteiger partial charge >= 0.3 is 0 Å². The number of carbonyl (C=O) groups is 1. The Bertz CT molecular complexity index is 490. The second kappa shape index (κ2) is 5.57. The van der Waals surface area contributed by atoms with E-state index < -0.39 is 0 Å². The number of unbranched alkanes of at least 4 members (excludes halogenated alkanes) is 1. The lowest BCUT2D eigenvalue weighted by molar-refractivity contribution is -0.00911. The van der Waals surface area contributed by atoms with E-state index in [1.807, 2.05) is 24.3 Å². The minimum absolute atomic E-state index is 0.242. The van der Waals surface area contributed by atoms with Crippen molar-refractivity contribution in [3.63, 3.8) is 0 Å². The van der Waals surface area contributed by atoms with Crippen LogP contribution in [0.5, 0.6) is 5.75 Å². The molecule has 1 aromatic rings. The molecule has 0 amide bonds. The molecular weight excluding hydrogens is 250 g/mol. The molecule has 0 aliphatic carbocycles. The zero-order valence-corrected chi connectivity index (χ0v) is 12.2. The summed E-state index contributed by atoms with van der Waals surface area (Å²) in [4.78, 5) is 14.8. The zero-order chi connectivity index (χ0) is 14.0. The van der Waals surface area contributed by atoms with E-state index in [4.69, 9.17) is 4.74 Å². The predicted molar refractivity (Wildman–Crippen MR) is 79.3 cm³/mol. The number of fused-ring (bicyclic) bond motifs is 1. The van der Waals surface area contributed by atoms with Crippen LogP contribution in [0.25, 0.3) is 0 Å². The second-order valence-corrected chi connectivity index (χ2v) is 6.08. The van der Waals surface area contributed by atoms with E-state index in [1.165, 1.54) is 19.4 Å². The van der Waals surface area contributed by atoms with Gasteiger partial charge in [-0.15, -0.1) is 0 Å². The molecule has 0 saturated carbocycles. The molecule has 108 valence electrons. The fraction of sp³-hybridized carbons (Fsp3) is 0.588. The van der Waals surface area contributed by atoms with Crippen molar-refractivity contribution >= 4 is 5.78 Å².